The molecule has 3 rings (SSSR count). The first-order chi connectivity index (χ1) is 12.1. The molecule has 0 bridgehead atoms. The molecule has 0 aliphatic carbocycles. The number of methoxy groups -OCH3 is 1. The average Bonchev–Trinajstić information content (AvgIpc) is 3.16. The lowest BCUT2D eigenvalue weighted by molar-refractivity contribution is -0.598. The first kappa shape index (κ1) is 17.9. The molecule has 0 unspecified atom stereocenters. The maximum Gasteiger partial charge on any atom is 0.397 e. The van der Waals surface area contributed by atoms with Crippen LogP contribution in [-0.4, -0.2) is 29.9 Å². The first-order valence-corrected chi connectivity index (χ1v) is 10.2. The van der Waals surface area contributed by atoms with Crippen molar-refractivity contribution >= 4 is 29.3 Å². The predicted molar refractivity (Wildman–Crippen MR) is 95.9 cm³/mol. The van der Waals surface area contributed by atoms with E-state index in [0.29, 0.717) is 22.0 Å². The molecule has 10 heteroatoms. The highest BCUT2D eigenvalue weighted by Crippen LogP contribution is 2.47. The summed E-state index contributed by atoms with van der Waals surface area (Å²) in [5.74, 6) is 7.35. The van der Waals surface area contributed by atoms with Crippen molar-refractivity contribution in [2.45, 2.75) is 13.8 Å². The van der Waals surface area contributed by atoms with E-state index < -0.39 is 7.60 Å². The number of benzene rings is 1. The fraction of sp³-hybridized carbons (Fsp3) is 0.333. The van der Waals surface area contributed by atoms with Crippen LogP contribution >= 0.6 is 18.9 Å². The lowest BCUT2D eigenvalue weighted by Crippen LogP contribution is -2.45. The van der Waals surface area contributed by atoms with Gasteiger partial charge >= 0.3 is 18.4 Å². The third-order valence-electron chi connectivity index (χ3n) is 3.52. The number of fused-ring (bicyclic) bond motifs is 1. The second-order valence-corrected chi connectivity index (χ2v) is 7.82. The molecule has 0 atom stereocenters. The topological polar surface area (TPSA) is 92.0 Å². The Labute approximate surface area is 149 Å². The van der Waals surface area contributed by atoms with Crippen molar-refractivity contribution in [3.63, 3.8) is 0 Å². The van der Waals surface area contributed by atoms with Gasteiger partial charge in [0.25, 0.3) is 0 Å². The summed E-state index contributed by atoms with van der Waals surface area (Å²) in [4.78, 5) is 0.607. The van der Waals surface area contributed by atoms with Crippen LogP contribution in [-0.2, 0) is 13.6 Å². The van der Waals surface area contributed by atoms with Crippen LogP contribution in [0.4, 0.5) is 0 Å². The van der Waals surface area contributed by atoms with E-state index in [1.54, 1.807) is 26.3 Å². The fourth-order valence-electron chi connectivity index (χ4n) is 2.49. The number of thiazole rings is 1. The summed E-state index contributed by atoms with van der Waals surface area (Å²) in [7, 11) is -1.89. The summed E-state index contributed by atoms with van der Waals surface area (Å²) >= 11 is 1.31. The molecule has 3 aromatic rings. The minimum atomic E-state index is -3.48. The van der Waals surface area contributed by atoms with Gasteiger partial charge in [-0.3, -0.25) is 10.4 Å². The van der Waals surface area contributed by atoms with Gasteiger partial charge in [-0.2, -0.15) is 0 Å². The van der Waals surface area contributed by atoms with E-state index in [-0.39, 0.29) is 13.2 Å². The van der Waals surface area contributed by atoms with E-state index in [1.165, 1.54) is 20.5 Å². The van der Waals surface area contributed by atoms with Crippen LogP contribution < -0.4 is 20.7 Å². The van der Waals surface area contributed by atoms with Gasteiger partial charge in [0.05, 0.1) is 31.0 Å². The van der Waals surface area contributed by atoms with E-state index in [0.717, 1.165) is 5.56 Å². The van der Waals surface area contributed by atoms with Crippen molar-refractivity contribution < 1.29 is 23.0 Å². The lowest BCUT2D eigenvalue weighted by atomic mass is 10.2. The van der Waals surface area contributed by atoms with E-state index in [1.807, 2.05) is 24.3 Å². The summed E-state index contributed by atoms with van der Waals surface area (Å²) in [5.41, 5.74) is 1.09. The van der Waals surface area contributed by atoms with Gasteiger partial charge < -0.3 is 13.8 Å². The summed E-state index contributed by atoms with van der Waals surface area (Å²) in [6.45, 7) is 4.05. The Morgan fingerprint density at radius 1 is 1.28 bits per heavy atom. The fourth-order valence-corrected chi connectivity index (χ4v) is 5.37. The van der Waals surface area contributed by atoms with Crippen LogP contribution in [0.15, 0.2) is 29.6 Å². The number of aromatic nitrogens is 3. The minimum absolute atomic E-state index is 0.262. The minimum Gasteiger partial charge on any atom is -0.496 e. The largest absolute Gasteiger partial charge is 0.496 e. The van der Waals surface area contributed by atoms with E-state index in [4.69, 9.17) is 19.6 Å². The van der Waals surface area contributed by atoms with Gasteiger partial charge in [-0.1, -0.05) is 28.0 Å². The Balaban J connectivity index is 2.19. The Hall–Kier alpha value is -1.93. The molecule has 0 aliphatic rings. The number of nitrogens with two attached hydrogens (primary N) is 1. The molecule has 2 N–H and O–H groups in total. The number of para-hydroxylation sites is 1. The monoisotopic (exact) mass is 383 g/mol. The van der Waals surface area contributed by atoms with Gasteiger partial charge in [0.15, 0.2) is 0 Å². The standard InChI is InChI=1S/C15H20N4O4PS/c1-4-22-24(20,23-5-2)13-10-25-15-18(16)14(17-19(13)15)11-8-6-7-9-12(11)21-3/h6-10H,4-5,16H2,1-3H3/q+1. The third kappa shape index (κ3) is 3.04. The molecule has 0 amide bonds. The van der Waals surface area contributed by atoms with Crippen molar-refractivity contribution in [3.8, 4) is 17.1 Å². The maximum atomic E-state index is 13.1. The molecule has 25 heavy (non-hydrogen) atoms. The molecular formula is C15H20N4O4PS+. The SMILES string of the molecule is CCOP(=O)(OCC)c1csc2n1nc(-c1ccccc1OC)[n+]2N. The number of nitrogens with zero attached hydrogens (tertiary/aromatic N) is 3. The van der Waals surface area contributed by atoms with Gasteiger partial charge in [-0.15, -0.1) is 4.68 Å². The number of hydrogen-bond acceptors (Lipinski definition) is 7. The zero-order valence-electron chi connectivity index (χ0n) is 14.2. The van der Waals surface area contributed by atoms with Gasteiger partial charge in [-0.05, 0) is 26.0 Å². The molecule has 2 heterocycles. The number of hydrogen-bond donors (Lipinski definition) is 1. The quantitative estimate of drug-likeness (QED) is 0.381. The van der Waals surface area contributed by atoms with Crippen molar-refractivity contribution in [2.24, 2.45) is 0 Å². The lowest BCUT2D eigenvalue weighted by Gasteiger charge is -2.12. The summed E-state index contributed by atoms with van der Waals surface area (Å²) in [5, 5.41) is 6.23. The summed E-state index contributed by atoms with van der Waals surface area (Å²) < 4.78 is 32.3. The molecule has 0 saturated heterocycles. The number of nitrogen functional groups attached to an aromatic ring is 1. The van der Waals surface area contributed by atoms with E-state index in [9.17, 15) is 4.57 Å². The Kier molecular flexibility index (Phi) is 5.10. The Morgan fingerprint density at radius 3 is 2.60 bits per heavy atom. The van der Waals surface area contributed by atoms with Gasteiger partial charge in [0.1, 0.15) is 5.75 Å². The van der Waals surface area contributed by atoms with Crippen molar-refractivity contribution in [2.75, 3.05) is 26.2 Å². The molecule has 1 aromatic carbocycles. The van der Waals surface area contributed by atoms with Crippen LogP contribution in [0, 0.1) is 0 Å². The number of rotatable bonds is 7. The highest BCUT2D eigenvalue weighted by atomic mass is 32.1. The van der Waals surface area contributed by atoms with Crippen LogP contribution in [0.1, 0.15) is 13.8 Å². The smallest absolute Gasteiger partial charge is 0.397 e. The van der Waals surface area contributed by atoms with E-state index >= 15 is 0 Å². The Morgan fingerprint density at radius 2 is 1.96 bits per heavy atom. The van der Waals surface area contributed by atoms with Crippen LogP contribution in [0.25, 0.3) is 16.3 Å². The third-order valence-corrected chi connectivity index (χ3v) is 6.70. The van der Waals surface area contributed by atoms with Gasteiger partial charge in [0, 0.05) is 5.38 Å². The second-order valence-electron chi connectivity index (χ2n) is 5.02. The molecule has 0 fully saturated rings. The average molecular weight is 383 g/mol. The molecule has 0 saturated carbocycles. The molecule has 8 nitrogen and oxygen atoms in total. The number of ether oxygens (including phenoxy) is 1. The van der Waals surface area contributed by atoms with Crippen molar-refractivity contribution in [1.29, 1.82) is 0 Å². The molecular weight excluding hydrogens is 363 g/mol. The van der Waals surface area contributed by atoms with E-state index in [2.05, 4.69) is 5.10 Å². The molecule has 0 aliphatic heterocycles. The first-order valence-electron chi connectivity index (χ1n) is 7.76. The maximum absolute atomic E-state index is 13.1. The second kappa shape index (κ2) is 7.13. The van der Waals surface area contributed by atoms with Gasteiger partial charge in [-0.25, -0.2) is 0 Å². The molecule has 0 radical (unpaired) electrons. The normalized spacial score (nSPS) is 12.0. The van der Waals surface area contributed by atoms with Crippen LogP contribution in [0.2, 0.25) is 0 Å². The zero-order chi connectivity index (χ0) is 18.0. The highest BCUT2D eigenvalue weighted by molar-refractivity contribution is 7.62. The van der Waals surface area contributed by atoms with Crippen LogP contribution in [0.5, 0.6) is 5.75 Å². The molecule has 2 aromatic heterocycles. The summed E-state index contributed by atoms with van der Waals surface area (Å²) in [6, 6.07) is 7.43. The zero-order valence-corrected chi connectivity index (χ0v) is 15.9. The van der Waals surface area contributed by atoms with Crippen molar-refractivity contribution in [3.05, 3.63) is 29.6 Å². The predicted octanol–water partition coefficient (Wildman–Crippen LogP) is 1.96. The molecule has 134 valence electrons. The molecule has 0 spiro atoms. The van der Waals surface area contributed by atoms with Crippen molar-refractivity contribution in [1.82, 2.24) is 9.61 Å². The Bertz CT molecular complexity index is 929. The van der Waals surface area contributed by atoms with Gasteiger partial charge in [0.2, 0.25) is 5.44 Å². The summed E-state index contributed by atoms with van der Waals surface area (Å²) in [6.07, 6.45) is 0. The van der Waals surface area contributed by atoms with Crippen LogP contribution in [0.3, 0.4) is 0 Å². The highest BCUT2D eigenvalue weighted by Gasteiger charge is 2.38.